The number of rotatable bonds is 5. The van der Waals surface area contributed by atoms with Crippen LogP contribution in [0.5, 0.6) is 0 Å². The zero-order chi connectivity index (χ0) is 27.8. The van der Waals surface area contributed by atoms with Gasteiger partial charge in [-0.2, -0.15) is 3.89 Å². The number of imidazole rings is 1. The van der Waals surface area contributed by atoms with Crippen LogP contribution in [0.25, 0.3) is 38.6 Å². The summed E-state index contributed by atoms with van der Waals surface area (Å²) in [5, 5.41) is 3.34. The van der Waals surface area contributed by atoms with E-state index in [1.165, 1.54) is 46.0 Å². The third-order valence-corrected chi connectivity index (χ3v) is 8.70. The van der Waals surface area contributed by atoms with E-state index in [0.717, 1.165) is 38.9 Å². The van der Waals surface area contributed by atoms with Crippen LogP contribution in [0.4, 0.5) is 3.89 Å². The van der Waals surface area contributed by atoms with Gasteiger partial charge in [0.05, 0.1) is 33.8 Å². The molecule has 5 rings (SSSR count). The SMILES string of the molecule is CCC(C)(SF)c1cccc2c3ccc(C)cc3n3c(-c4c(C)cc(C)cc4C)c(C)nc3c12.CCCC. The van der Waals surface area contributed by atoms with Crippen molar-refractivity contribution in [3.05, 3.63) is 82.0 Å². The first-order valence-electron chi connectivity index (χ1n) is 13.8. The standard InChI is InChI=1S/C30H31FN2S.C4H10/c1-8-30(7,34-31)24-11-9-10-23-22-13-12-17(2)16-25(22)33-28(21(6)32-29(33)27(23)24)26-19(4)14-18(3)15-20(26)5;1-3-4-2/h9-16H,8H2,1-7H3;3-4H2,1-2H3. The summed E-state index contributed by atoms with van der Waals surface area (Å²) in [5.41, 5.74) is 11.4. The van der Waals surface area contributed by atoms with E-state index in [1.807, 2.05) is 13.8 Å². The van der Waals surface area contributed by atoms with Gasteiger partial charge in [-0.25, -0.2) is 4.98 Å². The Hall–Kier alpha value is -2.85. The molecule has 200 valence electrons. The molecule has 2 nitrogen and oxygen atoms in total. The molecule has 1 unspecified atom stereocenters. The van der Waals surface area contributed by atoms with Crippen LogP contribution < -0.4 is 0 Å². The Labute approximate surface area is 232 Å². The number of benzene rings is 3. The fraction of sp³-hybridized carbons (Fsp3) is 0.382. The summed E-state index contributed by atoms with van der Waals surface area (Å²) in [6, 6.07) is 17.4. The molecule has 0 spiro atoms. The minimum Gasteiger partial charge on any atom is -0.291 e. The van der Waals surface area contributed by atoms with Gasteiger partial charge in [0.2, 0.25) is 0 Å². The second-order valence-electron chi connectivity index (χ2n) is 10.9. The number of halogens is 1. The average molecular weight is 529 g/mol. The maximum Gasteiger partial charge on any atom is 0.146 e. The van der Waals surface area contributed by atoms with Gasteiger partial charge in [-0.05, 0) is 81.7 Å². The van der Waals surface area contributed by atoms with E-state index in [0.29, 0.717) is 18.6 Å². The van der Waals surface area contributed by atoms with Crippen molar-refractivity contribution in [2.75, 3.05) is 0 Å². The predicted molar refractivity (Wildman–Crippen MR) is 166 cm³/mol. The lowest BCUT2D eigenvalue weighted by molar-refractivity contribution is 0.648. The second-order valence-corrected chi connectivity index (χ2v) is 11.9. The van der Waals surface area contributed by atoms with E-state index >= 15 is 0 Å². The molecule has 3 aromatic carbocycles. The highest BCUT2D eigenvalue weighted by Gasteiger charge is 2.31. The third kappa shape index (κ3) is 4.73. The van der Waals surface area contributed by atoms with E-state index in [9.17, 15) is 3.89 Å². The van der Waals surface area contributed by atoms with Gasteiger partial charge in [0.1, 0.15) is 5.65 Å². The molecule has 4 heteroatoms. The number of fused-ring (bicyclic) bond motifs is 6. The van der Waals surface area contributed by atoms with Gasteiger partial charge >= 0.3 is 0 Å². The van der Waals surface area contributed by atoms with Gasteiger partial charge in [-0.15, -0.1) is 0 Å². The summed E-state index contributed by atoms with van der Waals surface area (Å²) in [5.74, 6) is 0. The quantitative estimate of drug-likeness (QED) is 0.211. The lowest BCUT2D eigenvalue weighted by atomic mass is 9.91. The highest BCUT2D eigenvalue weighted by Crippen LogP contribution is 2.46. The van der Waals surface area contributed by atoms with Gasteiger partial charge in [-0.3, -0.25) is 4.40 Å². The van der Waals surface area contributed by atoms with Gasteiger partial charge in [0, 0.05) is 16.3 Å². The molecule has 1 atom stereocenters. The lowest BCUT2D eigenvalue weighted by Gasteiger charge is -2.26. The van der Waals surface area contributed by atoms with Crippen molar-refractivity contribution in [3.8, 4) is 11.3 Å². The summed E-state index contributed by atoms with van der Waals surface area (Å²) in [7, 11) is 0. The molecule has 0 N–H and O–H groups in total. The molecule has 0 bridgehead atoms. The lowest BCUT2D eigenvalue weighted by Crippen LogP contribution is -2.15. The number of pyridine rings is 1. The first-order chi connectivity index (χ1) is 18.1. The van der Waals surface area contributed by atoms with Crippen LogP contribution in [0.1, 0.15) is 80.5 Å². The van der Waals surface area contributed by atoms with Crippen LogP contribution in [0, 0.1) is 34.6 Å². The number of hydrogen-bond donors (Lipinski definition) is 0. The van der Waals surface area contributed by atoms with Crippen molar-refractivity contribution < 1.29 is 3.89 Å². The Bertz CT molecular complexity index is 1600. The number of aromatic nitrogens is 2. The Morgan fingerprint density at radius 1 is 0.842 bits per heavy atom. The van der Waals surface area contributed by atoms with Crippen LogP contribution in [0.3, 0.4) is 0 Å². The van der Waals surface area contributed by atoms with Crippen molar-refractivity contribution in [1.29, 1.82) is 0 Å². The highest BCUT2D eigenvalue weighted by molar-refractivity contribution is 7.95. The predicted octanol–water partition coefficient (Wildman–Crippen LogP) is 10.9. The van der Waals surface area contributed by atoms with Crippen molar-refractivity contribution in [3.63, 3.8) is 0 Å². The van der Waals surface area contributed by atoms with Gasteiger partial charge < -0.3 is 0 Å². The maximum atomic E-state index is 14.4. The van der Waals surface area contributed by atoms with Gasteiger partial charge in [0.15, 0.2) is 0 Å². The number of aryl methyl sites for hydroxylation is 5. The molecule has 5 aromatic rings. The Morgan fingerprint density at radius 2 is 1.50 bits per heavy atom. The Morgan fingerprint density at radius 3 is 2.08 bits per heavy atom. The molecule has 0 aliphatic rings. The van der Waals surface area contributed by atoms with Crippen LogP contribution in [0.15, 0.2) is 48.5 Å². The molecule has 0 saturated carbocycles. The molecule has 0 amide bonds. The monoisotopic (exact) mass is 528 g/mol. The molecular formula is C34H41FN2S. The number of nitrogens with zero attached hydrogens (tertiary/aromatic N) is 2. The Kier molecular flexibility index (Phi) is 8.23. The molecule has 0 radical (unpaired) electrons. The second kappa shape index (κ2) is 11.1. The first kappa shape index (κ1) is 28.2. The largest absolute Gasteiger partial charge is 0.291 e. The number of unbranched alkanes of at least 4 members (excludes halogenated alkanes) is 1. The van der Waals surface area contributed by atoms with Crippen LogP contribution in [0.2, 0.25) is 0 Å². The average Bonchev–Trinajstić information content (AvgIpc) is 3.24. The molecule has 2 aromatic heterocycles. The van der Waals surface area contributed by atoms with E-state index in [2.05, 4.69) is 101 Å². The summed E-state index contributed by atoms with van der Waals surface area (Å²) in [6.45, 7) is 19.1. The molecule has 2 heterocycles. The maximum absolute atomic E-state index is 14.4. The van der Waals surface area contributed by atoms with Crippen molar-refractivity contribution in [2.24, 2.45) is 0 Å². The summed E-state index contributed by atoms with van der Waals surface area (Å²) in [6.07, 6.45) is 3.33. The molecule has 0 aliphatic carbocycles. The topological polar surface area (TPSA) is 17.3 Å². The van der Waals surface area contributed by atoms with Gasteiger partial charge in [0.25, 0.3) is 0 Å². The first-order valence-corrected chi connectivity index (χ1v) is 14.6. The Balaban J connectivity index is 0.000000786. The molecule has 0 saturated heterocycles. The molecule has 0 fully saturated rings. The van der Waals surface area contributed by atoms with Crippen LogP contribution >= 0.6 is 12.1 Å². The van der Waals surface area contributed by atoms with E-state index in [1.54, 1.807) is 0 Å². The van der Waals surface area contributed by atoms with Crippen molar-refractivity contribution in [1.82, 2.24) is 9.38 Å². The molecule has 0 aliphatic heterocycles. The number of hydrogen-bond acceptors (Lipinski definition) is 2. The molecule has 38 heavy (non-hydrogen) atoms. The minimum atomic E-state index is -0.645. The fourth-order valence-electron chi connectivity index (χ4n) is 5.58. The fourth-order valence-corrected chi connectivity index (χ4v) is 5.94. The highest BCUT2D eigenvalue weighted by atomic mass is 32.2. The van der Waals surface area contributed by atoms with Crippen LogP contribution in [-0.2, 0) is 4.75 Å². The van der Waals surface area contributed by atoms with Crippen LogP contribution in [-0.4, -0.2) is 9.38 Å². The van der Waals surface area contributed by atoms with E-state index in [-0.39, 0.29) is 0 Å². The summed E-state index contributed by atoms with van der Waals surface area (Å²) in [4.78, 5) is 5.18. The van der Waals surface area contributed by atoms with E-state index in [4.69, 9.17) is 4.98 Å². The smallest absolute Gasteiger partial charge is 0.146 e. The third-order valence-electron chi connectivity index (χ3n) is 7.85. The zero-order valence-electron chi connectivity index (χ0n) is 24.4. The normalized spacial score (nSPS) is 13.1. The zero-order valence-corrected chi connectivity index (χ0v) is 25.2. The summed E-state index contributed by atoms with van der Waals surface area (Å²) < 4.78 is 16.1. The van der Waals surface area contributed by atoms with E-state index < -0.39 is 4.75 Å². The van der Waals surface area contributed by atoms with Crippen molar-refractivity contribution >= 4 is 39.5 Å². The minimum absolute atomic E-state index is 0.433. The molecular weight excluding hydrogens is 487 g/mol. The van der Waals surface area contributed by atoms with Crippen molar-refractivity contribution in [2.45, 2.75) is 86.3 Å². The van der Waals surface area contributed by atoms with Gasteiger partial charge in [-0.1, -0.05) is 81.6 Å². The summed E-state index contributed by atoms with van der Waals surface area (Å²) >= 11 is 0.433.